The zero-order valence-electron chi connectivity index (χ0n) is 37.3. The molecule has 3 aliphatic heterocycles. The first-order chi connectivity index (χ1) is 31.4. The van der Waals surface area contributed by atoms with Gasteiger partial charge in [-0.2, -0.15) is 13.2 Å². The molecule has 6 rings (SSSR count). The molecular formula is C46H56F3N7O10. The molecular weight excluding hydrogens is 868 g/mol. The number of likely N-dealkylation sites (tertiary alicyclic amines) is 2. The first kappa shape index (κ1) is 49.0. The van der Waals surface area contributed by atoms with E-state index in [9.17, 15) is 47.0 Å². The van der Waals surface area contributed by atoms with Crippen LogP contribution < -0.4 is 26.2 Å². The number of carbonyl (C=O) groups is 6. The van der Waals surface area contributed by atoms with Crippen LogP contribution in [-0.2, 0) is 39.6 Å². The van der Waals surface area contributed by atoms with Crippen LogP contribution in [0.4, 0.5) is 39.8 Å². The van der Waals surface area contributed by atoms with Gasteiger partial charge in [-0.05, 0) is 112 Å². The highest BCUT2D eigenvalue weighted by molar-refractivity contribution is 5.99. The molecule has 0 spiro atoms. The fraction of sp³-hybridized carbons (Fsp3) is 0.478. The number of amides is 6. The van der Waals surface area contributed by atoms with Crippen molar-refractivity contribution < 1.29 is 61.3 Å². The van der Waals surface area contributed by atoms with Gasteiger partial charge in [0.2, 0.25) is 23.6 Å². The molecule has 5 N–H and O–H groups in total. The number of methoxy groups -OCH3 is 3. The van der Waals surface area contributed by atoms with Crippen LogP contribution in [0.1, 0.15) is 81.1 Å². The number of carbonyl (C=O) groups excluding carboxylic acids is 5. The van der Waals surface area contributed by atoms with Crippen LogP contribution in [-0.4, -0.2) is 122 Å². The van der Waals surface area contributed by atoms with Gasteiger partial charge in [0, 0.05) is 44.4 Å². The van der Waals surface area contributed by atoms with Crippen molar-refractivity contribution in [1.82, 2.24) is 20.4 Å². The predicted octanol–water partition coefficient (Wildman–Crippen LogP) is 6.08. The molecule has 3 aromatic carbocycles. The van der Waals surface area contributed by atoms with Crippen molar-refractivity contribution in [3.8, 4) is 0 Å². The zero-order chi connectivity index (χ0) is 47.9. The molecule has 0 bridgehead atoms. The lowest BCUT2D eigenvalue weighted by Gasteiger charge is -2.34. The van der Waals surface area contributed by atoms with Gasteiger partial charge in [-0.25, -0.2) is 9.59 Å². The van der Waals surface area contributed by atoms with Crippen LogP contribution in [0, 0.1) is 0 Å². The molecule has 8 atom stereocenters. The van der Waals surface area contributed by atoms with Crippen molar-refractivity contribution in [2.24, 2.45) is 0 Å². The minimum absolute atomic E-state index is 0.264. The number of benzene rings is 3. The van der Waals surface area contributed by atoms with E-state index in [1.165, 1.54) is 43.3 Å². The molecule has 6 amide bonds. The molecule has 3 aromatic rings. The quantitative estimate of drug-likeness (QED) is 0.118. The topological polar surface area (TPSA) is 208 Å². The van der Waals surface area contributed by atoms with Gasteiger partial charge in [-0.1, -0.05) is 24.3 Å². The molecule has 356 valence electrons. The average Bonchev–Trinajstić information content (AvgIpc) is 4.10. The summed E-state index contributed by atoms with van der Waals surface area (Å²) in [6, 6.07) is 14.8. The standard InChI is InChI=1S/C46H56F3N7O10/c1-26(64-3)38(52-44(61)62)42(59)54-24-6-8-36(54)40(57)50-31-16-10-28(11-17-31)34-22-23-35(56(34)33-20-14-30(15-21-33)46(47,48)49)29-12-18-32(19-13-29)51-41(58)37-9-7-25-55(37)43(60)39(27(2)65-4)53-45(63)66-5/h10-21,26-27,34-39,52H,6-9,22-25H2,1-5H3,(H,50,57)(H,51,58)(H,53,63)(H,61,62)/t26-,27-,34-,35-,36+,37?,38+,39+/m1/s1. The van der Waals surface area contributed by atoms with Crippen molar-refractivity contribution >= 4 is 52.9 Å². The van der Waals surface area contributed by atoms with Crippen molar-refractivity contribution in [2.45, 2.75) is 107 Å². The third-order valence-electron chi connectivity index (χ3n) is 12.6. The number of alkyl carbamates (subject to hydrolysis) is 1. The van der Waals surface area contributed by atoms with E-state index in [-0.39, 0.29) is 18.6 Å². The van der Waals surface area contributed by atoms with E-state index in [0.29, 0.717) is 62.1 Å². The molecule has 20 heteroatoms. The molecule has 3 aliphatic rings. The lowest BCUT2D eigenvalue weighted by molar-refractivity contribution is -0.141. The fourth-order valence-corrected chi connectivity index (χ4v) is 8.99. The summed E-state index contributed by atoms with van der Waals surface area (Å²) in [5.74, 6) is -1.89. The number of hydrogen-bond acceptors (Lipinski definition) is 10. The number of rotatable bonds is 15. The van der Waals surface area contributed by atoms with Crippen LogP contribution >= 0.6 is 0 Å². The van der Waals surface area contributed by atoms with Crippen molar-refractivity contribution in [3.63, 3.8) is 0 Å². The summed E-state index contributed by atoms with van der Waals surface area (Å²) in [6.07, 6.45) is -5.08. The highest BCUT2D eigenvalue weighted by Gasteiger charge is 2.42. The summed E-state index contributed by atoms with van der Waals surface area (Å²) in [7, 11) is 3.94. The number of nitrogens with zero attached hydrogens (tertiary/aromatic N) is 3. The predicted molar refractivity (Wildman–Crippen MR) is 235 cm³/mol. The number of halogens is 3. The third-order valence-corrected chi connectivity index (χ3v) is 12.6. The van der Waals surface area contributed by atoms with Crippen LogP contribution in [0.2, 0.25) is 0 Å². The van der Waals surface area contributed by atoms with Crippen molar-refractivity contribution in [2.75, 3.05) is 50.0 Å². The molecule has 0 aromatic heterocycles. The Kier molecular flexibility index (Phi) is 15.8. The molecule has 66 heavy (non-hydrogen) atoms. The maximum atomic E-state index is 13.7. The fourth-order valence-electron chi connectivity index (χ4n) is 8.99. The van der Waals surface area contributed by atoms with Crippen molar-refractivity contribution in [1.29, 1.82) is 0 Å². The Morgan fingerprint density at radius 3 is 1.44 bits per heavy atom. The number of carboxylic acid groups (broad SMARTS) is 1. The van der Waals surface area contributed by atoms with Gasteiger partial charge in [-0.3, -0.25) is 19.2 Å². The average molecular weight is 924 g/mol. The second-order valence-electron chi connectivity index (χ2n) is 16.6. The summed E-state index contributed by atoms with van der Waals surface area (Å²) in [4.78, 5) is 82.5. The smallest absolute Gasteiger partial charge is 0.416 e. The third kappa shape index (κ3) is 11.2. The first-order valence-electron chi connectivity index (χ1n) is 21.7. The van der Waals surface area contributed by atoms with E-state index in [0.717, 1.165) is 23.3 Å². The number of ether oxygens (including phenoxy) is 3. The SMILES string of the molecule is COC(=O)N[C@H](C(=O)N1CCCC1C(=O)Nc1ccc([C@H]2CC[C@H](c3ccc(NC(=O)[C@@H]4CCCN4C(=O)[C@@H](NC(=O)O)[C@@H](C)OC)cc3)N2c2ccc(C(F)(F)F)cc2)cc1)[C@@H](C)OC. The molecule has 0 aliphatic carbocycles. The summed E-state index contributed by atoms with van der Waals surface area (Å²) in [5, 5.41) is 19.8. The Bertz CT molecular complexity index is 2210. The Labute approximate surface area is 380 Å². The minimum atomic E-state index is -4.53. The maximum absolute atomic E-state index is 13.7. The van der Waals surface area contributed by atoms with Crippen LogP contribution in [0.25, 0.3) is 0 Å². The van der Waals surface area contributed by atoms with Gasteiger partial charge in [0.15, 0.2) is 0 Å². The van der Waals surface area contributed by atoms with E-state index in [1.807, 2.05) is 24.3 Å². The molecule has 3 saturated heterocycles. The van der Waals surface area contributed by atoms with E-state index in [1.54, 1.807) is 38.1 Å². The van der Waals surface area contributed by atoms with Gasteiger partial charge in [-0.15, -0.1) is 0 Å². The molecule has 3 fully saturated rings. The molecule has 0 saturated carbocycles. The Morgan fingerprint density at radius 2 is 1.06 bits per heavy atom. The Morgan fingerprint density at radius 1 is 0.636 bits per heavy atom. The zero-order valence-corrected chi connectivity index (χ0v) is 37.3. The first-order valence-corrected chi connectivity index (χ1v) is 21.7. The normalized spacial score (nSPS) is 21.4. The van der Waals surface area contributed by atoms with Crippen LogP contribution in [0.5, 0.6) is 0 Å². The van der Waals surface area contributed by atoms with Gasteiger partial charge in [0.25, 0.3) is 0 Å². The Balaban J connectivity index is 1.17. The van der Waals surface area contributed by atoms with Gasteiger partial charge in [0.05, 0.1) is 37.0 Å². The lowest BCUT2D eigenvalue weighted by Crippen LogP contribution is -2.56. The highest BCUT2D eigenvalue weighted by atomic mass is 19.4. The molecule has 3 heterocycles. The largest absolute Gasteiger partial charge is 0.465 e. The molecule has 17 nitrogen and oxygen atoms in total. The summed E-state index contributed by atoms with van der Waals surface area (Å²) >= 11 is 0. The second kappa shape index (κ2) is 21.3. The monoisotopic (exact) mass is 923 g/mol. The molecule has 0 radical (unpaired) electrons. The van der Waals surface area contributed by atoms with Gasteiger partial charge in [0.1, 0.15) is 24.2 Å². The maximum Gasteiger partial charge on any atom is 0.416 e. The van der Waals surface area contributed by atoms with Gasteiger partial charge >= 0.3 is 18.4 Å². The number of nitrogens with one attached hydrogen (secondary N) is 4. The highest BCUT2D eigenvalue weighted by Crippen LogP contribution is 2.47. The number of hydrogen-bond donors (Lipinski definition) is 5. The summed E-state index contributed by atoms with van der Waals surface area (Å²) in [6.45, 7) is 3.75. The van der Waals surface area contributed by atoms with Gasteiger partial charge < -0.3 is 55.3 Å². The van der Waals surface area contributed by atoms with E-state index >= 15 is 0 Å². The van der Waals surface area contributed by atoms with E-state index < -0.39 is 83.9 Å². The number of anilines is 3. The molecule has 1 unspecified atom stereocenters. The van der Waals surface area contributed by atoms with Crippen molar-refractivity contribution in [3.05, 3.63) is 89.5 Å². The minimum Gasteiger partial charge on any atom is -0.465 e. The van der Waals surface area contributed by atoms with Crippen LogP contribution in [0.15, 0.2) is 72.8 Å². The van der Waals surface area contributed by atoms with E-state index in [2.05, 4.69) is 30.9 Å². The lowest BCUT2D eigenvalue weighted by atomic mass is 10.0. The second-order valence-corrected chi connectivity index (χ2v) is 16.6. The van der Waals surface area contributed by atoms with E-state index in [4.69, 9.17) is 9.47 Å². The Hall–Kier alpha value is -6.41. The summed E-state index contributed by atoms with van der Waals surface area (Å²) in [5.41, 5.74) is 2.38. The number of alkyl halides is 3. The van der Waals surface area contributed by atoms with Crippen LogP contribution in [0.3, 0.4) is 0 Å². The summed E-state index contributed by atoms with van der Waals surface area (Å²) < 4.78 is 56.2.